The average molecular weight is 301 g/mol. The van der Waals surface area contributed by atoms with Crippen LogP contribution < -0.4 is 0 Å². The van der Waals surface area contributed by atoms with Crippen LogP contribution in [-0.2, 0) is 0 Å². The Hall–Kier alpha value is -1.27. The quantitative estimate of drug-likeness (QED) is 0.490. The lowest BCUT2D eigenvalue weighted by molar-refractivity contribution is 0.426. The van der Waals surface area contributed by atoms with Crippen molar-refractivity contribution in [2.45, 2.75) is 44.9 Å². The summed E-state index contributed by atoms with van der Waals surface area (Å²) in [4.78, 5) is 0. The Morgan fingerprint density at radius 2 is 1.29 bits per heavy atom. The molecule has 21 heavy (non-hydrogen) atoms. The molecular weight excluding hydrogens is 276 g/mol. The van der Waals surface area contributed by atoms with Crippen LogP contribution in [-0.4, -0.2) is 0 Å². The van der Waals surface area contributed by atoms with Crippen LogP contribution in [0.2, 0.25) is 0 Å². The lowest BCUT2D eigenvalue weighted by atomic mass is 9.90. The first kappa shape index (κ1) is 16.1. The second-order valence-electron chi connectivity index (χ2n) is 5.73. The summed E-state index contributed by atoms with van der Waals surface area (Å²) in [7, 11) is 0. The summed E-state index contributed by atoms with van der Waals surface area (Å²) in [5, 5.41) is 0.134. The number of alkyl halides is 1. The highest BCUT2D eigenvalue weighted by atomic mass is 35.5. The van der Waals surface area contributed by atoms with Gasteiger partial charge in [0.05, 0.1) is 5.38 Å². The molecular formula is C20H25Cl. The van der Waals surface area contributed by atoms with E-state index in [1.54, 1.807) is 0 Å². The summed E-state index contributed by atoms with van der Waals surface area (Å²) >= 11 is 6.73. The second kappa shape index (κ2) is 8.24. The van der Waals surface area contributed by atoms with Crippen molar-refractivity contribution in [2.75, 3.05) is 0 Å². The van der Waals surface area contributed by atoms with Gasteiger partial charge in [0.1, 0.15) is 0 Å². The molecule has 0 aliphatic carbocycles. The first-order valence-corrected chi connectivity index (χ1v) is 8.49. The molecule has 0 aromatic heterocycles. The fraction of sp³-hybridized carbons (Fsp3) is 0.400. The molecule has 0 radical (unpaired) electrons. The Kier molecular flexibility index (Phi) is 6.32. The molecule has 112 valence electrons. The van der Waals surface area contributed by atoms with Gasteiger partial charge in [-0.1, -0.05) is 81.3 Å². The van der Waals surface area contributed by atoms with Crippen LogP contribution >= 0.6 is 11.6 Å². The zero-order valence-electron chi connectivity index (χ0n) is 13.1. The molecule has 2 aromatic rings. The third-order valence-corrected chi connectivity index (χ3v) is 4.68. The van der Waals surface area contributed by atoms with Crippen LogP contribution in [0.15, 0.2) is 54.6 Å². The van der Waals surface area contributed by atoms with E-state index >= 15 is 0 Å². The van der Waals surface area contributed by atoms with E-state index in [2.05, 4.69) is 62.4 Å². The minimum absolute atomic E-state index is 0.134. The van der Waals surface area contributed by atoms with E-state index in [1.807, 2.05) is 6.07 Å². The highest BCUT2D eigenvalue weighted by molar-refractivity contribution is 6.21. The van der Waals surface area contributed by atoms with Crippen molar-refractivity contribution in [3.63, 3.8) is 0 Å². The van der Waals surface area contributed by atoms with Crippen LogP contribution in [0, 0.1) is 5.92 Å². The van der Waals surface area contributed by atoms with Gasteiger partial charge in [-0.15, -0.1) is 11.6 Å². The number of benzene rings is 2. The average Bonchev–Trinajstić information content (AvgIpc) is 2.55. The number of hydrogen-bond donors (Lipinski definition) is 0. The molecule has 0 saturated carbocycles. The zero-order valence-corrected chi connectivity index (χ0v) is 13.8. The Morgan fingerprint density at radius 1 is 0.762 bits per heavy atom. The van der Waals surface area contributed by atoms with E-state index in [9.17, 15) is 0 Å². The summed E-state index contributed by atoms with van der Waals surface area (Å²) in [6.45, 7) is 4.48. The van der Waals surface area contributed by atoms with Crippen LogP contribution in [0.5, 0.6) is 0 Å². The van der Waals surface area contributed by atoms with Crippen molar-refractivity contribution >= 4 is 11.6 Å². The molecule has 0 spiro atoms. The minimum atomic E-state index is 0.134. The second-order valence-corrected chi connectivity index (χ2v) is 6.20. The molecule has 0 fully saturated rings. The SMILES string of the molecule is CCCC(CCC)C(Cl)c1ccc(-c2ccccc2)cc1. The van der Waals surface area contributed by atoms with Crippen molar-refractivity contribution in [1.82, 2.24) is 0 Å². The van der Waals surface area contributed by atoms with Crippen molar-refractivity contribution in [3.05, 3.63) is 60.2 Å². The third-order valence-electron chi connectivity index (χ3n) is 4.07. The molecule has 2 aromatic carbocycles. The van der Waals surface area contributed by atoms with Gasteiger partial charge in [-0.05, 0) is 35.4 Å². The minimum Gasteiger partial charge on any atom is -0.118 e. The molecule has 0 aliphatic rings. The van der Waals surface area contributed by atoms with Crippen molar-refractivity contribution in [3.8, 4) is 11.1 Å². The molecule has 0 N–H and O–H groups in total. The first-order chi connectivity index (χ1) is 10.3. The number of rotatable bonds is 7. The fourth-order valence-corrected chi connectivity index (χ4v) is 3.34. The molecule has 0 amide bonds. The van der Waals surface area contributed by atoms with Gasteiger partial charge in [0.15, 0.2) is 0 Å². The molecule has 0 bridgehead atoms. The van der Waals surface area contributed by atoms with E-state index < -0.39 is 0 Å². The van der Waals surface area contributed by atoms with E-state index in [-0.39, 0.29) is 5.38 Å². The first-order valence-electron chi connectivity index (χ1n) is 8.05. The lowest BCUT2D eigenvalue weighted by Crippen LogP contribution is -2.08. The van der Waals surface area contributed by atoms with E-state index in [0.717, 1.165) is 0 Å². The van der Waals surface area contributed by atoms with Crippen LogP contribution in [0.1, 0.15) is 50.5 Å². The van der Waals surface area contributed by atoms with Gasteiger partial charge in [0.25, 0.3) is 0 Å². The summed E-state index contributed by atoms with van der Waals surface area (Å²) in [6.07, 6.45) is 4.83. The highest BCUT2D eigenvalue weighted by Crippen LogP contribution is 2.35. The van der Waals surface area contributed by atoms with E-state index in [4.69, 9.17) is 11.6 Å². The maximum atomic E-state index is 6.73. The Bertz CT molecular complexity index is 509. The van der Waals surface area contributed by atoms with Gasteiger partial charge in [-0.2, -0.15) is 0 Å². The molecule has 0 nitrogen and oxygen atoms in total. The van der Waals surface area contributed by atoms with Crippen molar-refractivity contribution < 1.29 is 0 Å². The molecule has 0 saturated heterocycles. The van der Waals surface area contributed by atoms with Gasteiger partial charge < -0.3 is 0 Å². The lowest BCUT2D eigenvalue weighted by Gasteiger charge is -2.22. The smallest absolute Gasteiger partial charge is 0.0613 e. The maximum absolute atomic E-state index is 6.73. The molecule has 0 aliphatic heterocycles. The predicted molar refractivity (Wildman–Crippen MR) is 93.8 cm³/mol. The monoisotopic (exact) mass is 300 g/mol. The van der Waals surface area contributed by atoms with Crippen LogP contribution in [0.25, 0.3) is 11.1 Å². The van der Waals surface area contributed by atoms with Crippen molar-refractivity contribution in [2.24, 2.45) is 5.92 Å². The normalized spacial score (nSPS) is 12.6. The summed E-state index contributed by atoms with van der Waals surface area (Å²) in [6, 6.07) is 19.2. The molecule has 1 unspecified atom stereocenters. The highest BCUT2D eigenvalue weighted by Gasteiger charge is 2.19. The fourth-order valence-electron chi connectivity index (χ4n) is 2.94. The van der Waals surface area contributed by atoms with Gasteiger partial charge >= 0.3 is 0 Å². The van der Waals surface area contributed by atoms with Gasteiger partial charge in [0.2, 0.25) is 0 Å². The van der Waals surface area contributed by atoms with Gasteiger partial charge in [0, 0.05) is 0 Å². The van der Waals surface area contributed by atoms with E-state index in [0.29, 0.717) is 5.92 Å². The zero-order chi connectivity index (χ0) is 15.1. The number of halogens is 1. The number of hydrogen-bond acceptors (Lipinski definition) is 0. The Balaban J connectivity index is 2.14. The molecule has 2 rings (SSSR count). The molecule has 0 heterocycles. The van der Waals surface area contributed by atoms with E-state index in [1.165, 1.54) is 42.4 Å². The molecule has 1 atom stereocenters. The Morgan fingerprint density at radius 3 is 1.81 bits per heavy atom. The van der Waals surface area contributed by atoms with Crippen molar-refractivity contribution in [1.29, 1.82) is 0 Å². The standard InChI is InChI=1S/C20H25Cl/c1-3-8-18(9-4-2)20(21)19-14-12-17(13-15-19)16-10-6-5-7-11-16/h5-7,10-15,18,20H,3-4,8-9H2,1-2H3. The molecule has 1 heteroatoms. The third kappa shape index (κ3) is 4.35. The summed E-state index contributed by atoms with van der Waals surface area (Å²) < 4.78 is 0. The largest absolute Gasteiger partial charge is 0.118 e. The van der Waals surface area contributed by atoms with Crippen LogP contribution in [0.4, 0.5) is 0 Å². The maximum Gasteiger partial charge on any atom is 0.0613 e. The topological polar surface area (TPSA) is 0 Å². The Labute approximate surface area is 134 Å². The van der Waals surface area contributed by atoms with Gasteiger partial charge in [-0.25, -0.2) is 0 Å². The summed E-state index contributed by atoms with van der Waals surface area (Å²) in [5.41, 5.74) is 3.77. The van der Waals surface area contributed by atoms with Gasteiger partial charge in [-0.3, -0.25) is 0 Å². The van der Waals surface area contributed by atoms with Crippen LogP contribution in [0.3, 0.4) is 0 Å². The predicted octanol–water partition coefficient (Wildman–Crippen LogP) is 6.85. The summed E-state index contributed by atoms with van der Waals surface area (Å²) in [5.74, 6) is 0.587.